The molecule has 0 saturated carbocycles. The van der Waals surface area contributed by atoms with Gasteiger partial charge in [0, 0.05) is 32.4 Å². The molecule has 30 heavy (non-hydrogen) atoms. The van der Waals surface area contributed by atoms with E-state index in [0.29, 0.717) is 12.2 Å². The summed E-state index contributed by atoms with van der Waals surface area (Å²) in [6.45, 7) is 0.590. The van der Waals surface area contributed by atoms with Crippen LogP contribution in [-0.4, -0.2) is 79.1 Å². The van der Waals surface area contributed by atoms with Crippen LogP contribution in [0.1, 0.15) is 10.4 Å². The number of sulfonamides is 1. The smallest absolute Gasteiger partial charge is 0.335 e. The first-order valence-electron chi connectivity index (χ1n) is 8.55. The first-order valence-corrected chi connectivity index (χ1v) is 10.4. The molecule has 0 saturated heterocycles. The van der Waals surface area contributed by atoms with Gasteiger partial charge in [-0.25, -0.2) is 17.9 Å². The second-order valence-corrected chi connectivity index (χ2v) is 7.86. The molecule has 14 heteroatoms. The number of rotatable bonds is 11. The maximum absolute atomic E-state index is 11.2. The van der Waals surface area contributed by atoms with Crippen molar-refractivity contribution in [2.24, 2.45) is 0 Å². The molecule has 0 aliphatic carbocycles. The fourth-order valence-electron chi connectivity index (χ4n) is 2.16. The molecule has 1 aromatic carbocycles. The summed E-state index contributed by atoms with van der Waals surface area (Å²) in [5.41, 5.74) is 0.719. The minimum atomic E-state index is -3.30. The molecular weight excluding hydrogens is 680 g/mol. The van der Waals surface area contributed by atoms with Gasteiger partial charge in [0.2, 0.25) is 27.9 Å². The Labute approximate surface area is 168 Å². The first kappa shape index (κ1) is 24.0. The number of nitrogens with one attached hydrogen (secondary N) is 3. The molecule has 2 aromatic rings. The summed E-state index contributed by atoms with van der Waals surface area (Å²) >= 11 is 0. The van der Waals surface area contributed by atoms with E-state index in [1.165, 1.54) is 12.1 Å². The van der Waals surface area contributed by atoms with Crippen molar-refractivity contribution in [2.45, 2.75) is 0 Å². The van der Waals surface area contributed by atoms with E-state index < -0.39 is 16.0 Å². The number of hydrogen-bond donors (Lipinski definition) is 5. The number of nitrogens with zero attached hydrogens (tertiary/aromatic N) is 4. The fraction of sp³-hybridized carbons (Fsp3) is 0.375. The van der Waals surface area contributed by atoms with E-state index in [9.17, 15) is 13.2 Å². The molecule has 0 aliphatic rings. The van der Waals surface area contributed by atoms with E-state index in [4.69, 9.17) is 10.2 Å². The average Bonchev–Trinajstić information content (AvgIpc) is 2.65. The normalized spacial score (nSPS) is 10.8. The molecule has 5 N–H and O–H groups in total. The monoisotopic (exact) mass is 703 g/mol. The Morgan fingerprint density at radius 3 is 2.30 bits per heavy atom. The number of aliphatic hydroxyl groups excluding tert-OH is 1. The number of hydrogen-bond acceptors (Lipinski definition) is 10. The summed E-state index contributed by atoms with van der Waals surface area (Å²) in [5.74, 6) is -0.336. The summed E-state index contributed by atoms with van der Waals surface area (Å²) in [5, 5.41) is 23.8. The van der Waals surface area contributed by atoms with Crippen LogP contribution in [0.15, 0.2) is 24.3 Å². The number of carbonyl (C=O) groups is 1. The summed E-state index contributed by atoms with van der Waals surface area (Å²) in [4.78, 5) is 25.4. The van der Waals surface area contributed by atoms with E-state index >= 15 is 0 Å². The van der Waals surface area contributed by atoms with Crippen molar-refractivity contribution in [3.8, 4) is 0 Å². The van der Waals surface area contributed by atoms with Crippen LogP contribution in [0, 0.1) is 0 Å². The van der Waals surface area contributed by atoms with E-state index in [1.54, 1.807) is 24.1 Å². The maximum Gasteiger partial charge on any atom is 0.335 e. The standard InChI is InChI=1S/C16H23N7O5S.Mt/c1-23(9-7-18-29(2,27)28)16-21-14(17-8-10-24)20-15(22-16)19-12-5-3-11(4-6-12)13(25)26;/h3-6,18,24H,7-10H2,1-2H3,(H,25,26)(H2,17,19,20,21,22);. The third kappa shape index (κ3) is 7.53. The van der Waals surface area contributed by atoms with Gasteiger partial charge in [-0.3, -0.25) is 0 Å². The second kappa shape index (κ2) is 10.5. The number of anilines is 4. The van der Waals surface area contributed by atoms with Gasteiger partial charge in [-0.1, -0.05) is 0 Å². The van der Waals surface area contributed by atoms with Gasteiger partial charge < -0.3 is 25.7 Å². The van der Waals surface area contributed by atoms with Crippen LogP contribution in [0.4, 0.5) is 23.5 Å². The minimum absolute atomic E-state index is 0. The number of aromatic nitrogens is 3. The number of aromatic carboxylic acids is 1. The number of carboxylic acid groups (broad SMARTS) is 1. The van der Waals surface area contributed by atoms with Crippen molar-refractivity contribution in [2.75, 3.05) is 55.1 Å². The van der Waals surface area contributed by atoms with E-state index in [-0.39, 0.29) is 43.1 Å². The van der Waals surface area contributed by atoms with Gasteiger partial charge in [0.1, 0.15) is 0 Å². The number of likely N-dealkylation sites (N-methyl/N-ethyl adjacent to an activating group) is 1. The van der Waals surface area contributed by atoms with Crippen LogP contribution < -0.4 is 20.3 Å². The SMILES string of the molecule is CN(CCNS(C)(=O)=O)c1nc(NCCO)nc(Nc2ccc(C(=O)O)cc2)n1.[Mt]. The van der Waals surface area contributed by atoms with Gasteiger partial charge in [-0.15, -0.1) is 0 Å². The summed E-state index contributed by atoms with van der Waals surface area (Å²) < 4.78 is 24.8. The molecule has 0 bridgehead atoms. The quantitative estimate of drug-likeness (QED) is 0.209. The Hall–Kier alpha value is -4.03. The molecule has 0 fully saturated rings. The van der Waals surface area contributed by atoms with Gasteiger partial charge in [0.25, 0.3) is 0 Å². The average molecular weight is 703 g/mol. The Morgan fingerprint density at radius 1 is 1.10 bits per heavy atom. The molecule has 12 nitrogen and oxygen atoms in total. The molecule has 1 heterocycles. The van der Waals surface area contributed by atoms with Crippen molar-refractivity contribution in [3.63, 3.8) is 0 Å². The molecular formula is C16H23MtN7O5S. The zero-order chi connectivity index (χ0) is 21.4. The summed E-state index contributed by atoms with van der Waals surface area (Å²) in [6, 6.07) is 6.04. The van der Waals surface area contributed by atoms with Gasteiger partial charge >= 0.3 is 5.97 Å². The minimum Gasteiger partial charge on any atom is -0.478 e. The summed E-state index contributed by atoms with van der Waals surface area (Å²) in [7, 11) is -1.61. The van der Waals surface area contributed by atoms with Crippen molar-refractivity contribution >= 4 is 39.5 Å². The van der Waals surface area contributed by atoms with Gasteiger partial charge in [0.15, 0.2) is 0 Å². The number of aliphatic hydroxyl groups is 1. The van der Waals surface area contributed by atoms with Gasteiger partial charge in [-0.05, 0) is 24.3 Å². The molecule has 160 valence electrons. The fourth-order valence-corrected chi connectivity index (χ4v) is 2.62. The molecule has 0 spiro atoms. The van der Waals surface area contributed by atoms with Crippen LogP contribution in [0.3, 0.4) is 0 Å². The second-order valence-electron chi connectivity index (χ2n) is 6.03. The third-order valence-corrected chi connectivity index (χ3v) is 4.29. The van der Waals surface area contributed by atoms with Crippen molar-refractivity contribution < 1.29 is 23.4 Å². The Kier molecular flexibility index (Phi) is 8.40. The predicted molar refractivity (Wildman–Crippen MR) is 108 cm³/mol. The van der Waals surface area contributed by atoms with Crippen LogP contribution in [-0.2, 0) is 10.0 Å². The number of carboxylic acids is 1. The van der Waals surface area contributed by atoms with Crippen molar-refractivity contribution in [1.29, 1.82) is 0 Å². The van der Waals surface area contributed by atoms with Crippen LogP contribution in [0.2, 0.25) is 0 Å². The molecule has 0 amide bonds. The zero-order valence-corrected chi connectivity index (χ0v) is 24.1. The van der Waals surface area contributed by atoms with Crippen LogP contribution in [0.5, 0.6) is 0 Å². The van der Waals surface area contributed by atoms with Gasteiger partial charge in [-0.2, -0.15) is 15.0 Å². The van der Waals surface area contributed by atoms with Crippen molar-refractivity contribution in [3.05, 3.63) is 29.8 Å². The number of benzene rings is 1. The maximum atomic E-state index is 11.2. The molecule has 0 radical (unpaired) electrons. The Balaban J connectivity index is 0.00000450. The van der Waals surface area contributed by atoms with E-state index in [0.717, 1.165) is 6.26 Å². The predicted octanol–water partition coefficient (Wildman–Crippen LogP) is -0.297. The molecule has 2 rings (SSSR count). The zero-order valence-electron chi connectivity index (χ0n) is 16.7. The molecule has 0 unspecified atom stereocenters. The Bertz CT molecular complexity index is 944. The van der Waals surface area contributed by atoms with Gasteiger partial charge in [0.05, 0.1) is 18.4 Å². The largest absolute Gasteiger partial charge is 0.478 e. The topological polar surface area (TPSA) is 170 Å². The Morgan fingerprint density at radius 2 is 1.73 bits per heavy atom. The summed E-state index contributed by atoms with van der Waals surface area (Å²) in [6.07, 6.45) is 1.07. The molecule has 0 atom stereocenters. The molecule has 0 aliphatic heterocycles. The van der Waals surface area contributed by atoms with E-state index in [2.05, 4.69) is 30.3 Å². The van der Waals surface area contributed by atoms with Crippen molar-refractivity contribution in [1.82, 2.24) is 19.7 Å². The third-order valence-electron chi connectivity index (χ3n) is 3.56. The molecule has 1 aromatic heterocycles. The first-order chi connectivity index (χ1) is 13.7. The van der Waals surface area contributed by atoms with Crippen LogP contribution >= 0.6 is 0 Å². The van der Waals surface area contributed by atoms with Crippen LogP contribution in [0.25, 0.3) is 0 Å². The van der Waals surface area contributed by atoms with E-state index in [1.807, 2.05) is 0 Å².